The van der Waals surface area contributed by atoms with Crippen LogP contribution in [0.4, 0.5) is 11.4 Å². The molecule has 0 aromatic heterocycles. The molecule has 7 heteroatoms. The molecule has 1 amide bonds. The van der Waals surface area contributed by atoms with Gasteiger partial charge in [0.05, 0.1) is 10.6 Å². The second-order valence-electron chi connectivity index (χ2n) is 4.46. The minimum absolute atomic E-state index is 0.0413. The number of benzene rings is 2. The molecule has 0 spiro atoms. The van der Waals surface area contributed by atoms with Gasteiger partial charge in [-0.2, -0.15) is 0 Å². The molecule has 2 aromatic carbocycles. The monoisotopic (exact) mass is 298 g/mol. The highest BCUT2D eigenvalue weighted by molar-refractivity contribution is 5.98. The van der Waals surface area contributed by atoms with Crippen molar-refractivity contribution in [1.82, 2.24) is 10.9 Å². The number of rotatable bonds is 5. The molecule has 0 saturated heterocycles. The molecule has 0 bridgehead atoms. The molecular weight excluding hydrogens is 284 g/mol. The van der Waals surface area contributed by atoms with Gasteiger partial charge in [0, 0.05) is 17.3 Å². The molecule has 4 N–H and O–H groups in total. The average Bonchev–Trinajstić information content (AvgIpc) is 2.52. The SMILES string of the molecule is C=C(NNC(=O)c1ccccc1[N+](=O)[O-])c1cccc(N)c1. The zero-order valence-electron chi connectivity index (χ0n) is 11.6. The first-order chi connectivity index (χ1) is 10.5. The van der Waals surface area contributed by atoms with Crippen LogP contribution in [0.15, 0.2) is 55.1 Å². The normalized spacial score (nSPS) is 9.82. The summed E-state index contributed by atoms with van der Waals surface area (Å²) in [6.45, 7) is 3.77. The summed E-state index contributed by atoms with van der Waals surface area (Å²) in [5.41, 5.74) is 12.0. The van der Waals surface area contributed by atoms with Gasteiger partial charge in [0.15, 0.2) is 0 Å². The van der Waals surface area contributed by atoms with Crippen molar-refractivity contribution in [2.45, 2.75) is 0 Å². The molecule has 0 aliphatic carbocycles. The van der Waals surface area contributed by atoms with Crippen molar-refractivity contribution in [2.75, 3.05) is 5.73 Å². The number of nitrogens with two attached hydrogens (primary N) is 1. The minimum atomic E-state index is -0.627. The number of hydrogen-bond acceptors (Lipinski definition) is 5. The van der Waals surface area contributed by atoms with E-state index in [0.29, 0.717) is 16.9 Å². The summed E-state index contributed by atoms with van der Waals surface area (Å²) in [7, 11) is 0. The summed E-state index contributed by atoms with van der Waals surface area (Å²) in [6.07, 6.45) is 0. The fourth-order valence-electron chi connectivity index (χ4n) is 1.82. The lowest BCUT2D eigenvalue weighted by molar-refractivity contribution is -0.385. The van der Waals surface area contributed by atoms with E-state index in [-0.39, 0.29) is 11.3 Å². The first kappa shape index (κ1) is 15.0. The maximum atomic E-state index is 12.0. The Hall–Kier alpha value is -3.35. The molecule has 0 atom stereocenters. The molecule has 22 heavy (non-hydrogen) atoms. The Labute approximate surface area is 126 Å². The Morgan fingerprint density at radius 3 is 2.55 bits per heavy atom. The Morgan fingerprint density at radius 1 is 1.14 bits per heavy atom. The van der Waals surface area contributed by atoms with Crippen LogP contribution in [0.3, 0.4) is 0 Å². The predicted octanol–water partition coefficient (Wildman–Crippen LogP) is 2.08. The number of anilines is 1. The molecule has 2 rings (SSSR count). The highest BCUT2D eigenvalue weighted by Gasteiger charge is 2.18. The van der Waals surface area contributed by atoms with Crippen molar-refractivity contribution in [2.24, 2.45) is 0 Å². The summed E-state index contributed by atoms with van der Waals surface area (Å²) in [4.78, 5) is 22.3. The Bertz CT molecular complexity index is 743. The van der Waals surface area contributed by atoms with Crippen LogP contribution in [0.1, 0.15) is 15.9 Å². The molecule has 7 nitrogen and oxygen atoms in total. The third kappa shape index (κ3) is 3.40. The second-order valence-corrected chi connectivity index (χ2v) is 4.46. The lowest BCUT2D eigenvalue weighted by Crippen LogP contribution is -2.36. The average molecular weight is 298 g/mol. The number of nitrogens with zero attached hydrogens (tertiary/aromatic N) is 1. The molecule has 0 radical (unpaired) electrons. The van der Waals surface area contributed by atoms with E-state index >= 15 is 0 Å². The Kier molecular flexibility index (Phi) is 4.38. The number of hydrazine groups is 1. The second kappa shape index (κ2) is 6.40. The molecule has 2 aromatic rings. The fraction of sp³-hybridized carbons (Fsp3) is 0. The number of nitrogens with one attached hydrogen (secondary N) is 2. The Morgan fingerprint density at radius 2 is 1.86 bits per heavy atom. The van der Waals surface area contributed by atoms with E-state index in [4.69, 9.17) is 5.73 Å². The van der Waals surface area contributed by atoms with Gasteiger partial charge in [-0.3, -0.25) is 25.8 Å². The number of amides is 1. The number of nitro groups is 1. The summed E-state index contributed by atoms with van der Waals surface area (Å²) < 4.78 is 0. The van der Waals surface area contributed by atoms with Crippen LogP contribution in [-0.4, -0.2) is 10.8 Å². The van der Waals surface area contributed by atoms with Crippen LogP contribution in [0.5, 0.6) is 0 Å². The minimum Gasteiger partial charge on any atom is -0.399 e. The van der Waals surface area contributed by atoms with Gasteiger partial charge in [0.25, 0.3) is 11.6 Å². The zero-order valence-corrected chi connectivity index (χ0v) is 11.6. The highest BCUT2D eigenvalue weighted by Crippen LogP contribution is 2.17. The van der Waals surface area contributed by atoms with Crippen molar-refractivity contribution in [3.63, 3.8) is 0 Å². The lowest BCUT2D eigenvalue weighted by atomic mass is 10.1. The molecule has 0 fully saturated rings. The van der Waals surface area contributed by atoms with Crippen LogP contribution in [0.25, 0.3) is 5.70 Å². The molecule has 0 saturated carbocycles. The number of carbonyl (C=O) groups excluding carboxylic acids is 1. The van der Waals surface area contributed by atoms with Crippen LogP contribution in [0, 0.1) is 10.1 Å². The van der Waals surface area contributed by atoms with E-state index < -0.39 is 10.8 Å². The predicted molar refractivity (Wildman–Crippen MR) is 83.6 cm³/mol. The topological polar surface area (TPSA) is 110 Å². The van der Waals surface area contributed by atoms with E-state index in [1.165, 1.54) is 18.2 Å². The van der Waals surface area contributed by atoms with Gasteiger partial charge in [-0.15, -0.1) is 0 Å². The van der Waals surface area contributed by atoms with E-state index in [9.17, 15) is 14.9 Å². The van der Waals surface area contributed by atoms with Gasteiger partial charge in [-0.1, -0.05) is 30.8 Å². The van der Waals surface area contributed by atoms with E-state index in [1.807, 2.05) is 0 Å². The van der Waals surface area contributed by atoms with Crippen LogP contribution in [0.2, 0.25) is 0 Å². The number of nitrogen functional groups attached to an aromatic ring is 1. The van der Waals surface area contributed by atoms with E-state index in [2.05, 4.69) is 17.4 Å². The number of para-hydroxylation sites is 1. The van der Waals surface area contributed by atoms with Gasteiger partial charge in [0.1, 0.15) is 5.56 Å². The summed E-state index contributed by atoms with van der Waals surface area (Å²) in [6, 6.07) is 12.6. The maximum absolute atomic E-state index is 12.0. The van der Waals surface area contributed by atoms with Crippen molar-refractivity contribution >= 4 is 23.0 Å². The Balaban J connectivity index is 2.07. The molecule has 0 unspecified atom stereocenters. The number of nitro benzene ring substituents is 1. The fourth-order valence-corrected chi connectivity index (χ4v) is 1.82. The van der Waals surface area contributed by atoms with E-state index in [1.54, 1.807) is 30.3 Å². The smallest absolute Gasteiger partial charge is 0.282 e. The van der Waals surface area contributed by atoms with Crippen LogP contribution >= 0.6 is 0 Å². The van der Waals surface area contributed by atoms with Gasteiger partial charge >= 0.3 is 0 Å². The molecule has 112 valence electrons. The third-order valence-electron chi connectivity index (χ3n) is 2.91. The first-order valence-corrected chi connectivity index (χ1v) is 6.33. The number of carbonyl (C=O) groups is 1. The van der Waals surface area contributed by atoms with Crippen LogP contribution in [-0.2, 0) is 0 Å². The quantitative estimate of drug-likeness (QED) is 0.444. The standard InChI is InChI=1S/C15H14N4O3/c1-10(11-5-4-6-12(16)9-11)17-18-15(20)13-7-2-3-8-14(13)19(21)22/h2-9,17H,1,16H2,(H,18,20). The highest BCUT2D eigenvalue weighted by atomic mass is 16.6. The van der Waals surface area contributed by atoms with Gasteiger partial charge < -0.3 is 5.73 Å². The maximum Gasteiger partial charge on any atom is 0.282 e. The number of hydrogen-bond donors (Lipinski definition) is 3. The van der Waals surface area contributed by atoms with Gasteiger partial charge in [0.2, 0.25) is 0 Å². The van der Waals surface area contributed by atoms with Crippen molar-refractivity contribution in [3.05, 3.63) is 76.4 Å². The first-order valence-electron chi connectivity index (χ1n) is 6.33. The zero-order chi connectivity index (χ0) is 16.1. The van der Waals surface area contributed by atoms with Gasteiger partial charge in [-0.05, 0) is 18.2 Å². The molecule has 0 heterocycles. The summed E-state index contributed by atoms with van der Waals surface area (Å²) >= 11 is 0. The largest absolute Gasteiger partial charge is 0.399 e. The van der Waals surface area contributed by atoms with E-state index in [0.717, 1.165) is 0 Å². The molecule has 0 aliphatic heterocycles. The third-order valence-corrected chi connectivity index (χ3v) is 2.91. The van der Waals surface area contributed by atoms with Crippen molar-refractivity contribution in [1.29, 1.82) is 0 Å². The van der Waals surface area contributed by atoms with Crippen molar-refractivity contribution in [3.8, 4) is 0 Å². The summed E-state index contributed by atoms with van der Waals surface area (Å²) in [5.74, 6) is -0.627. The lowest BCUT2D eigenvalue weighted by Gasteiger charge is -2.11. The van der Waals surface area contributed by atoms with Crippen LogP contribution < -0.4 is 16.6 Å². The molecular formula is C15H14N4O3. The van der Waals surface area contributed by atoms with Gasteiger partial charge in [-0.25, -0.2) is 0 Å². The molecule has 0 aliphatic rings. The van der Waals surface area contributed by atoms with Crippen molar-refractivity contribution < 1.29 is 9.72 Å². The summed E-state index contributed by atoms with van der Waals surface area (Å²) in [5, 5.41) is 10.9.